The molecule has 20 heavy (non-hydrogen) atoms. The van der Waals surface area contributed by atoms with Crippen molar-refractivity contribution < 1.29 is 9.21 Å². The molecule has 0 bridgehead atoms. The van der Waals surface area contributed by atoms with E-state index in [2.05, 4.69) is 5.32 Å². The third kappa shape index (κ3) is 3.41. The van der Waals surface area contributed by atoms with E-state index in [4.69, 9.17) is 4.42 Å². The topological polar surface area (TPSA) is 45.5 Å². The Morgan fingerprint density at radius 3 is 2.50 bits per heavy atom. The molecule has 0 fully saturated rings. The van der Waals surface area contributed by atoms with Gasteiger partial charge in [-0.1, -0.05) is 18.2 Å². The number of aryl methyl sites for hydroxylation is 2. The number of nitrogens with one attached hydrogen (secondary N) is 1. The molecule has 0 unspecified atom stereocenters. The number of anilines is 1. The molecule has 2 rings (SSSR count). The fourth-order valence-electron chi connectivity index (χ4n) is 2.12. The van der Waals surface area contributed by atoms with Crippen LogP contribution in [-0.2, 0) is 11.3 Å². The van der Waals surface area contributed by atoms with Gasteiger partial charge in [0.25, 0.3) is 0 Å². The predicted molar refractivity (Wildman–Crippen MR) is 79.6 cm³/mol. The zero-order valence-corrected chi connectivity index (χ0v) is 12.1. The summed E-state index contributed by atoms with van der Waals surface area (Å²) in [5, 5.41) is 3.22. The lowest BCUT2D eigenvalue weighted by Gasteiger charge is -2.18. The van der Waals surface area contributed by atoms with E-state index in [0.29, 0.717) is 6.54 Å². The Morgan fingerprint density at radius 1 is 1.20 bits per heavy atom. The first-order valence-electron chi connectivity index (χ1n) is 6.64. The van der Waals surface area contributed by atoms with Crippen LogP contribution in [0.4, 0.5) is 5.69 Å². The van der Waals surface area contributed by atoms with Crippen molar-refractivity contribution in [1.29, 1.82) is 0 Å². The highest BCUT2D eigenvalue weighted by molar-refractivity contribution is 5.81. The van der Waals surface area contributed by atoms with Crippen molar-refractivity contribution in [1.82, 2.24) is 4.90 Å². The van der Waals surface area contributed by atoms with Crippen molar-refractivity contribution in [3.05, 3.63) is 53.5 Å². The van der Waals surface area contributed by atoms with Gasteiger partial charge in [-0.3, -0.25) is 4.79 Å². The van der Waals surface area contributed by atoms with Gasteiger partial charge in [-0.25, -0.2) is 0 Å². The molecular formula is C16H20N2O2. The van der Waals surface area contributed by atoms with Crippen LogP contribution < -0.4 is 5.32 Å². The van der Waals surface area contributed by atoms with E-state index in [-0.39, 0.29) is 12.5 Å². The van der Waals surface area contributed by atoms with E-state index in [1.54, 1.807) is 18.2 Å². The molecule has 0 spiro atoms. The molecule has 0 atom stereocenters. The van der Waals surface area contributed by atoms with E-state index in [1.807, 2.05) is 44.2 Å². The lowest BCUT2D eigenvalue weighted by molar-refractivity contribution is -0.128. The summed E-state index contributed by atoms with van der Waals surface area (Å²) in [6.45, 7) is 4.84. The molecule has 1 heterocycles. The van der Waals surface area contributed by atoms with Crippen LogP contribution in [-0.4, -0.2) is 24.4 Å². The van der Waals surface area contributed by atoms with Gasteiger partial charge in [-0.15, -0.1) is 0 Å². The first-order valence-corrected chi connectivity index (χ1v) is 6.64. The minimum atomic E-state index is 0.0315. The normalized spacial score (nSPS) is 10.3. The fraction of sp³-hybridized carbons (Fsp3) is 0.312. The molecule has 106 valence electrons. The number of rotatable bonds is 5. The van der Waals surface area contributed by atoms with Gasteiger partial charge in [0.1, 0.15) is 5.76 Å². The summed E-state index contributed by atoms with van der Waals surface area (Å²) in [6, 6.07) is 9.77. The quantitative estimate of drug-likeness (QED) is 0.910. The number of carbonyl (C=O) groups is 1. The van der Waals surface area contributed by atoms with Crippen LogP contribution in [0.2, 0.25) is 0 Å². The van der Waals surface area contributed by atoms with Crippen LogP contribution in [0, 0.1) is 13.8 Å². The van der Waals surface area contributed by atoms with Gasteiger partial charge < -0.3 is 14.6 Å². The SMILES string of the molecule is Cc1cccc(C)c1NCC(=O)N(C)Cc1ccco1. The van der Waals surface area contributed by atoms with Gasteiger partial charge in [-0.05, 0) is 37.1 Å². The summed E-state index contributed by atoms with van der Waals surface area (Å²) in [4.78, 5) is 13.7. The first kappa shape index (κ1) is 14.2. The minimum Gasteiger partial charge on any atom is -0.467 e. The third-order valence-corrected chi connectivity index (χ3v) is 3.30. The second-order valence-electron chi connectivity index (χ2n) is 4.95. The van der Waals surface area contributed by atoms with Crippen LogP contribution >= 0.6 is 0 Å². The van der Waals surface area contributed by atoms with E-state index < -0.39 is 0 Å². The maximum atomic E-state index is 12.1. The molecular weight excluding hydrogens is 252 g/mol. The number of furan rings is 1. The second kappa shape index (κ2) is 6.28. The second-order valence-corrected chi connectivity index (χ2v) is 4.95. The van der Waals surface area contributed by atoms with Gasteiger partial charge in [-0.2, -0.15) is 0 Å². The number of para-hydroxylation sites is 1. The molecule has 0 aliphatic heterocycles. The zero-order chi connectivity index (χ0) is 14.5. The first-order chi connectivity index (χ1) is 9.58. The molecule has 0 radical (unpaired) electrons. The molecule has 0 saturated carbocycles. The summed E-state index contributed by atoms with van der Waals surface area (Å²) in [7, 11) is 1.78. The van der Waals surface area contributed by atoms with Gasteiger partial charge in [0, 0.05) is 12.7 Å². The molecule has 2 aromatic rings. The molecule has 0 aliphatic rings. The number of amides is 1. The average molecular weight is 272 g/mol. The Kier molecular flexibility index (Phi) is 4.45. The van der Waals surface area contributed by atoms with E-state index in [9.17, 15) is 4.79 Å². The van der Waals surface area contributed by atoms with Crippen molar-refractivity contribution in [3.8, 4) is 0 Å². The summed E-state index contributed by atoms with van der Waals surface area (Å²) in [6.07, 6.45) is 1.61. The summed E-state index contributed by atoms with van der Waals surface area (Å²) >= 11 is 0. The number of hydrogen-bond donors (Lipinski definition) is 1. The van der Waals surface area contributed by atoms with Crippen molar-refractivity contribution in [2.75, 3.05) is 18.9 Å². The standard InChI is InChI=1S/C16H20N2O2/c1-12-6-4-7-13(2)16(12)17-10-15(19)18(3)11-14-8-5-9-20-14/h4-9,17H,10-11H2,1-3H3. The van der Waals surface area contributed by atoms with Gasteiger partial charge in [0.05, 0.1) is 19.4 Å². The fourth-order valence-corrected chi connectivity index (χ4v) is 2.12. The third-order valence-electron chi connectivity index (χ3n) is 3.30. The number of carbonyl (C=O) groups excluding carboxylic acids is 1. The summed E-state index contributed by atoms with van der Waals surface area (Å²) in [5.74, 6) is 0.817. The molecule has 1 amide bonds. The lowest BCUT2D eigenvalue weighted by atomic mass is 10.1. The predicted octanol–water partition coefficient (Wildman–Crippen LogP) is 2.97. The van der Waals surface area contributed by atoms with Gasteiger partial charge in [0.2, 0.25) is 5.91 Å². The lowest BCUT2D eigenvalue weighted by Crippen LogP contribution is -2.31. The minimum absolute atomic E-state index is 0.0315. The molecule has 4 heteroatoms. The Morgan fingerprint density at radius 2 is 1.90 bits per heavy atom. The van der Waals surface area contributed by atoms with E-state index in [0.717, 1.165) is 22.6 Å². The smallest absolute Gasteiger partial charge is 0.242 e. The van der Waals surface area contributed by atoms with Crippen molar-refractivity contribution >= 4 is 11.6 Å². The average Bonchev–Trinajstić information content (AvgIpc) is 2.90. The number of likely N-dealkylation sites (N-methyl/N-ethyl adjacent to an activating group) is 1. The van der Waals surface area contributed by atoms with Crippen LogP contribution in [0.1, 0.15) is 16.9 Å². The highest BCUT2D eigenvalue weighted by atomic mass is 16.3. The molecule has 4 nitrogen and oxygen atoms in total. The van der Waals surface area contributed by atoms with Gasteiger partial charge in [0.15, 0.2) is 0 Å². The molecule has 1 aromatic carbocycles. The Balaban J connectivity index is 1.91. The summed E-state index contributed by atoms with van der Waals surface area (Å²) in [5.41, 5.74) is 3.32. The highest BCUT2D eigenvalue weighted by Gasteiger charge is 2.11. The van der Waals surface area contributed by atoms with E-state index in [1.165, 1.54) is 0 Å². The highest BCUT2D eigenvalue weighted by Crippen LogP contribution is 2.19. The van der Waals surface area contributed by atoms with E-state index >= 15 is 0 Å². The zero-order valence-electron chi connectivity index (χ0n) is 12.1. The van der Waals surface area contributed by atoms with Crippen LogP contribution in [0.3, 0.4) is 0 Å². The molecule has 1 N–H and O–H groups in total. The maximum absolute atomic E-state index is 12.1. The monoisotopic (exact) mass is 272 g/mol. The van der Waals surface area contributed by atoms with Gasteiger partial charge >= 0.3 is 0 Å². The number of hydrogen-bond acceptors (Lipinski definition) is 3. The van der Waals surface area contributed by atoms with Crippen LogP contribution in [0.5, 0.6) is 0 Å². The number of nitrogens with zero attached hydrogens (tertiary/aromatic N) is 1. The molecule has 0 aliphatic carbocycles. The molecule has 0 saturated heterocycles. The van der Waals surface area contributed by atoms with Crippen LogP contribution in [0.25, 0.3) is 0 Å². The Labute approximate surface area is 119 Å². The van der Waals surface area contributed by atoms with Crippen LogP contribution in [0.15, 0.2) is 41.0 Å². The maximum Gasteiger partial charge on any atom is 0.242 e. The molecule has 1 aromatic heterocycles. The van der Waals surface area contributed by atoms with Crippen molar-refractivity contribution in [2.45, 2.75) is 20.4 Å². The number of benzene rings is 1. The van der Waals surface area contributed by atoms with Crippen molar-refractivity contribution in [3.63, 3.8) is 0 Å². The Hall–Kier alpha value is -2.23. The van der Waals surface area contributed by atoms with Crippen molar-refractivity contribution in [2.24, 2.45) is 0 Å². The largest absolute Gasteiger partial charge is 0.467 e. The Bertz CT molecular complexity index is 556. The summed E-state index contributed by atoms with van der Waals surface area (Å²) < 4.78 is 5.24.